The van der Waals surface area contributed by atoms with Crippen LogP contribution in [0, 0.1) is 6.92 Å². The first-order valence-corrected chi connectivity index (χ1v) is 6.36. The third-order valence-electron chi connectivity index (χ3n) is 3.07. The lowest BCUT2D eigenvalue weighted by atomic mass is 10.0. The number of methoxy groups -OCH3 is 1. The monoisotopic (exact) mass is 265 g/mol. The summed E-state index contributed by atoms with van der Waals surface area (Å²) >= 11 is 0. The number of anilines is 1. The van der Waals surface area contributed by atoms with Crippen LogP contribution in [-0.2, 0) is 4.74 Å². The van der Waals surface area contributed by atoms with Crippen LogP contribution in [0.1, 0.15) is 25.0 Å². The summed E-state index contributed by atoms with van der Waals surface area (Å²) in [7, 11) is 1.68. The van der Waals surface area contributed by atoms with Gasteiger partial charge in [0.2, 0.25) is 0 Å². The van der Waals surface area contributed by atoms with Crippen molar-refractivity contribution in [3.05, 3.63) is 29.3 Å². The van der Waals surface area contributed by atoms with Crippen molar-refractivity contribution in [3.8, 4) is 0 Å². The molecule has 1 rings (SSSR count). The molecule has 0 heterocycles. The third-order valence-corrected chi connectivity index (χ3v) is 3.07. The first-order chi connectivity index (χ1) is 9.02. The second-order valence-corrected chi connectivity index (χ2v) is 4.74. The summed E-state index contributed by atoms with van der Waals surface area (Å²) in [5.41, 5.74) is 8.60. The number of amidine groups is 1. The van der Waals surface area contributed by atoms with Gasteiger partial charge in [0.1, 0.15) is 0 Å². The Balaban J connectivity index is 3.28. The number of nitrogens with two attached hydrogens (primary N) is 1. The quantitative estimate of drug-likeness (QED) is 0.357. The minimum Gasteiger partial charge on any atom is -0.409 e. The molecule has 5 heteroatoms. The lowest BCUT2D eigenvalue weighted by Crippen LogP contribution is -2.36. The highest BCUT2D eigenvalue weighted by atomic mass is 16.5. The van der Waals surface area contributed by atoms with Gasteiger partial charge in [0, 0.05) is 25.3 Å². The second kappa shape index (κ2) is 6.99. The number of hydrogen-bond acceptors (Lipinski definition) is 4. The number of aryl methyl sites for hydroxylation is 1. The maximum absolute atomic E-state index is 8.92. The van der Waals surface area contributed by atoms with Crippen LogP contribution in [0.15, 0.2) is 23.4 Å². The molecule has 0 saturated carbocycles. The van der Waals surface area contributed by atoms with Crippen molar-refractivity contribution in [3.63, 3.8) is 0 Å². The van der Waals surface area contributed by atoms with Crippen molar-refractivity contribution in [1.82, 2.24) is 0 Å². The van der Waals surface area contributed by atoms with Crippen molar-refractivity contribution in [2.45, 2.75) is 26.8 Å². The van der Waals surface area contributed by atoms with Crippen molar-refractivity contribution in [2.24, 2.45) is 10.9 Å². The molecule has 0 aliphatic carbocycles. The van der Waals surface area contributed by atoms with Crippen LogP contribution in [0.5, 0.6) is 0 Å². The van der Waals surface area contributed by atoms with Crippen LogP contribution in [0.3, 0.4) is 0 Å². The Hall–Kier alpha value is -1.75. The normalized spacial score (nSPS) is 11.9. The van der Waals surface area contributed by atoms with Crippen molar-refractivity contribution in [1.29, 1.82) is 0 Å². The van der Waals surface area contributed by atoms with Crippen LogP contribution in [-0.4, -0.2) is 37.3 Å². The van der Waals surface area contributed by atoms with Gasteiger partial charge in [-0.3, -0.25) is 0 Å². The van der Waals surface area contributed by atoms with Gasteiger partial charge < -0.3 is 20.6 Å². The highest BCUT2D eigenvalue weighted by Crippen LogP contribution is 2.26. The zero-order valence-electron chi connectivity index (χ0n) is 12.1. The van der Waals surface area contributed by atoms with E-state index in [0.29, 0.717) is 12.6 Å². The van der Waals surface area contributed by atoms with Gasteiger partial charge in [0.05, 0.1) is 12.3 Å². The van der Waals surface area contributed by atoms with E-state index >= 15 is 0 Å². The maximum Gasteiger partial charge on any atom is 0.172 e. The Morgan fingerprint density at radius 1 is 1.47 bits per heavy atom. The van der Waals surface area contributed by atoms with E-state index in [-0.39, 0.29) is 5.84 Å². The summed E-state index contributed by atoms with van der Waals surface area (Å²) in [6.45, 7) is 7.62. The van der Waals surface area contributed by atoms with Gasteiger partial charge in [-0.05, 0) is 32.4 Å². The van der Waals surface area contributed by atoms with E-state index < -0.39 is 0 Å². The summed E-state index contributed by atoms with van der Waals surface area (Å²) < 4.78 is 5.16. The molecule has 106 valence electrons. The van der Waals surface area contributed by atoms with Crippen molar-refractivity contribution in [2.75, 3.05) is 25.2 Å². The minimum absolute atomic E-state index is 0.127. The second-order valence-electron chi connectivity index (χ2n) is 4.74. The first-order valence-electron chi connectivity index (χ1n) is 6.36. The van der Waals surface area contributed by atoms with Crippen LogP contribution in [0.4, 0.5) is 5.69 Å². The standard InChI is InChI=1S/C14H23N3O2/c1-10(2)17(8-9-19-4)13-11(3)6-5-7-12(13)14(15)16-18/h5-7,10,18H,8-9H2,1-4H3,(H2,15,16). The highest BCUT2D eigenvalue weighted by molar-refractivity contribution is 6.02. The zero-order chi connectivity index (χ0) is 14.4. The molecule has 19 heavy (non-hydrogen) atoms. The third kappa shape index (κ3) is 3.61. The van der Waals surface area contributed by atoms with Gasteiger partial charge in [-0.1, -0.05) is 17.3 Å². The van der Waals surface area contributed by atoms with E-state index in [9.17, 15) is 0 Å². The van der Waals surface area contributed by atoms with E-state index in [1.54, 1.807) is 7.11 Å². The smallest absolute Gasteiger partial charge is 0.172 e. The Labute approximate surface area is 114 Å². The molecule has 0 atom stereocenters. The van der Waals surface area contributed by atoms with Gasteiger partial charge in [0.15, 0.2) is 5.84 Å². The van der Waals surface area contributed by atoms with Gasteiger partial charge >= 0.3 is 0 Å². The number of para-hydroxylation sites is 1. The Morgan fingerprint density at radius 2 is 2.16 bits per heavy atom. The molecule has 5 nitrogen and oxygen atoms in total. The van der Waals surface area contributed by atoms with E-state index in [1.807, 2.05) is 25.1 Å². The summed E-state index contributed by atoms with van der Waals surface area (Å²) in [5, 5.41) is 12.0. The topological polar surface area (TPSA) is 71.1 Å². The fraction of sp³-hybridized carbons (Fsp3) is 0.500. The molecule has 0 fully saturated rings. The van der Waals surface area contributed by atoms with Gasteiger partial charge in [-0.25, -0.2) is 0 Å². The molecule has 0 bridgehead atoms. The summed E-state index contributed by atoms with van der Waals surface area (Å²) in [4.78, 5) is 2.20. The van der Waals surface area contributed by atoms with E-state index in [2.05, 4.69) is 23.9 Å². The lowest BCUT2D eigenvalue weighted by molar-refractivity contribution is 0.204. The molecule has 3 N–H and O–H groups in total. The van der Waals surface area contributed by atoms with E-state index in [1.165, 1.54) is 0 Å². The number of benzene rings is 1. The number of rotatable bonds is 6. The molecule has 0 saturated heterocycles. The highest BCUT2D eigenvalue weighted by Gasteiger charge is 2.18. The molecule has 1 aromatic rings. The molecule has 0 aliphatic heterocycles. The lowest BCUT2D eigenvalue weighted by Gasteiger charge is -2.32. The fourth-order valence-electron chi connectivity index (χ4n) is 2.12. The molecule has 0 spiro atoms. The van der Waals surface area contributed by atoms with Crippen LogP contribution in [0.2, 0.25) is 0 Å². The summed E-state index contributed by atoms with van der Waals surface area (Å²) in [6, 6.07) is 6.08. The molecule has 1 aromatic carbocycles. The zero-order valence-corrected chi connectivity index (χ0v) is 12.1. The van der Waals surface area contributed by atoms with Gasteiger partial charge in [0.25, 0.3) is 0 Å². The molecule has 0 aromatic heterocycles. The molecule has 0 amide bonds. The fourth-order valence-corrected chi connectivity index (χ4v) is 2.12. The first kappa shape index (κ1) is 15.3. The largest absolute Gasteiger partial charge is 0.409 e. The molecular weight excluding hydrogens is 242 g/mol. The van der Waals surface area contributed by atoms with Crippen LogP contribution >= 0.6 is 0 Å². The molecule has 0 radical (unpaired) electrons. The summed E-state index contributed by atoms with van der Waals surface area (Å²) in [6.07, 6.45) is 0. The predicted octanol–water partition coefficient (Wildman–Crippen LogP) is 1.95. The molecule has 0 aliphatic rings. The van der Waals surface area contributed by atoms with Crippen molar-refractivity contribution < 1.29 is 9.94 Å². The van der Waals surface area contributed by atoms with E-state index in [0.717, 1.165) is 23.4 Å². The minimum atomic E-state index is 0.127. The summed E-state index contributed by atoms with van der Waals surface area (Å²) in [5.74, 6) is 0.127. The number of oxime groups is 1. The Morgan fingerprint density at radius 3 is 2.68 bits per heavy atom. The SMILES string of the molecule is COCCN(c1c(C)cccc1/C(N)=N/O)C(C)C. The van der Waals surface area contributed by atoms with Crippen LogP contribution in [0.25, 0.3) is 0 Å². The average molecular weight is 265 g/mol. The number of hydrogen-bond donors (Lipinski definition) is 2. The van der Waals surface area contributed by atoms with Crippen LogP contribution < -0.4 is 10.6 Å². The Bertz CT molecular complexity index is 444. The van der Waals surface area contributed by atoms with Crippen molar-refractivity contribution >= 4 is 11.5 Å². The predicted molar refractivity (Wildman–Crippen MR) is 78.0 cm³/mol. The maximum atomic E-state index is 8.92. The molecule has 0 unspecified atom stereocenters. The average Bonchev–Trinajstić information content (AvgIpc) is 2.39. The number of nitrogens with zero attached hydrogens (tertiary/aromatic N) is 2. The van der Waals surface area contributed by atoms with Gasteiger partial charge in [-0.2, -0.15) is 0 Å². The Kier molecular flexibility index (Phi) is 5.63. The van der Waals surface area contributed by atoms with E-state index in [4.69, 9.17) is 15.7 Å². The van der Waals surface area contributed by atoms with Gasteiger partial charge in [-0.15, -0.1) is 0 Å². The molecular formula is C14H23N3O2. The number of ether oxygens (including phenoxy) is 1.